The highest BCUT2D eigenvalue weighted by Crippen LogP contribution is 2.31. The highest BCUT2D eigenvalue weighted by atomic mass is 15.1. The minimum atomic E-state index is 0.365. The third-order valence-corrected chi connectivity index (χ3v) is 3.81. The molecule has 0 aromatic heterocycles. The van der Waals surface area contributed by atoms with E-state index in [0.29, 0.717) is 5.41 Å². The first-order valence-corrected chi connectivity index (χ1v) is 6.04. The standard InChI is InChI=1S/C12H26N2/c1-4-12(5-2,9-13)10-14(3)8-11-6-7-11/h11H,4-10,13H2,1-3H3. The quantitative estimate of drug-likeness (QED) is 0.679. The fourth-order valence-electron chi connectivity index (χ4n) is 2.21. The summed E-state index contributed by atoms with van der Waals surface area (Å²) in [6.07, 6.45) is 5.29. The molecule has 0 saturated heterocycles. The van der Waals surface area contributed by atoms with E-state index in [1.165, 1.54) is 38.8 Å². The highest BCUT2D eigenvalue weighted by Gasteiger charge is 2.29. The Labute approximate surface area is 88.8 Å². The summed E-state index contributed by atoms with van der Waals surface area (Å²) in [4.78, 5) is 2.48. The molecule has 0 atom stereocenters. The van der Waals surface area contributed by atoms with Crippen LogP contribution >= 0.6 is 0 Å². The number of rotatable bonds is 7. The Morgan fingerprint density at radius 3 is 2.21 bits per heavy atom. The first kappa shape index (κ1) is 12.0. The van der Waals surface area contributed by atoms with Crippen LogP contribution in [0.3, 0.4) is 0 Å². The maximum Gasteiger partial charge on any atom is 0.00469 e. The van der Waals surface area contributed by atoms with Crippen LogP contribution in [0.15, 0.2) is 0 Å². The van der Waals surface area contributed by atoms with Crippen LogP contribution in [0.2, 0.25) is 0 Å². The van der Waals surface area contributed by atoms with Crippen molar-refractivity contribution in [1.29, 1.82) is 0 Å². The third-order valence-electron chi connectivity index (χ3n) is 3.81. The van der Waals surface area contributed by atoms with E-state index in [0.717, 1.165) is 12.5 Å². The van der Waals surface area contributed by atoms with Gasteiger partial charge in [-0.15, -0.1) is 0 Å². The zero-order valence-corrected chi connectivity index (χ0v) is 10.1. The summed E-state index contributed by atoms with van der Waals surface area (Å²) in [6, 6.07) is 0. The molecular weight excluding hydrogens is 172 g/mol. The van der Waals surface area contributed by atoms with E-state index in [9.17, 15) is 0 Å². The molecule has 0 aromatic rings. The van der Waals surface area contributed by atoms with E-state index in [1.54, 1.807) is 0 Å². The molecule has 1 rings (SSSR count). The summed E-state index contributed by atoms with van der Waals surface area (Å²) >= 11 is 0. The maximum absolute atomic E-state index is 5.90. The van der Waals surface area contributed by atoms with E-state index >= 15 is 0 Å². The molecule has 84 valence electrons. The minimum Gasteiger partial charge on any atom is -0.330 e. The van der Waals surface area contributed by atoms with Crippen molar-refractivity contribution in [2.75, 3.05) is 26.7 Å². The van der Waals surface area contributed by atoms with E-state index in [2.05, 4.69) is 25.8 Å². The van der Waals surface area contributed by atoms with Gasteiger partial charge in [-0.2, -0.15) is 0 Å². The molecule has 1 aliphatic rings. The molecule has 0 spiro atoms. The second-order valence-electron chi connectivity index (χ2n) is 5.05. The first-order valence-electron chi connectivity index (χ1n) is 6.04. The fourth-order valence-corrected chi connectivity index (χ4v) is 2.21. The van der Waals surface area contributed by atoms with Gasteiger partial charge >= 0.3 is 0 Å². The Kier molecular flexibility index (Phi) is 4.39. The molecule has 0 amide bonds. The molecule has 1 aliphatic carbocycles. The van der Waals surface area contributed by atoms with Crippen molar-refractivity contribution in [3.8, 4) is 0 Å². The zero-order chi connectivity index (χ0) is 10.6. The predicted molar refractivity (Wildman–Crippen MR) is 62.3 cm³/mol. The van der Waals surface area contributed by atoms with Crippen molar-refractivity contribution >= 4 is 0 Å². The summed E-state index contributed by atoms with van der Waals surface area (Å²) in [7, 11) is 2.24. The average molecular weight is 198 g/mol. The van der Waals surface area contributed by atoms with Gasteiger partial charge in [0.15, 0.2) is 0 Å². The van der Waals surface area contributed by atoms with Crippen LogP contribution in [0.4, 0.5) is 0 Å². The van der Waals surface area contributed by atoms with Crippen LogP contribution in [-0.2, 0) is 0 Å². The van der Waals surface area contributed by atoms with Crippen LogP contribution in [0.25, 0.3) is 0 Å². The van der Waals surface area contributed by atoms with Gasteiger partial charge < -0.3 is 10.6 Å². The Morgan fingerprint density at radius 1 is 1.29 bits per heavy atom. The molecule has 1 fully saturated rings. The van der Waals surface area contributed by atoms with E-state index in [1.807, 2.05) is 0 Å². The summed E-state index contributed by atoms with van der Waals surface area (Å²) in [6.45, 7) is 7.81. The van der Waals surface area contributed by atoms with Gasteiger partial charge in [-0.05, 0) is 50.6 Å². The minimum absolute atomic E-state index is 0.365. The molecule has 0 aliphatic heterocycles. The first-order chi connectivity index (χ1) is 6.65. The highest BCUT2D eigenvalue weighted by molar-refractivity contribution is 4.83. The molecule has 2 heteroatoms. The zero-order valence-electron chi connectivity index (χ0n) is 10.1. The third kappa shape index (κ3) is 3.25. The lowest BCUT2D eigenvalue weighted by molar-refractivity contribution is 0.163. The molecule has 0 heterocycles. The lowest BCUT2D eigenvalue weighted by atomic mass is 9.82. The number of hydrogen-bond acceptors (Lipinski definition) is 2. The van der Waals surface area contributed by atoms with Crippen molar-refractivity contribution in [3.05, 3.63) is 0 Å². The van der Waals surface area contributed by atoms with Crippen LogP contribution in [-0.4, -0.2) is 31.6 Å². The van der Waals surface area contributed by atoms with Gasteiger partial charge in [-0.1, -0.05) is 13.8 Å². The van der Waals surface area contributed by atoms with Gasteiger partial charge in [0.1, 0.15) is 0 Å². The number of nitrogens with two attached hydrogens (primary N) is 1. The van der Waals surface area contributed by atoms with Gasteiger partial charge in [0.2, 0.25) is 0 Å². The molecule has 14 heavy (non-hydrogen) atoms. The Balaban J connectivity index is 2.35. The van der Waals surface area contributed by atoms with Gasteiger partial charge in [-0.25, -0.2) is 0 Å². The molecule has 0 unspecified atom stereocenters. The van der Waals surface area contributed by atoms with E-state index in [-0.39, 0.29) is 0 Å². The molecule has 0 bridgehead atoms. The van der Waals surface area contributed by atoms with Gasteiger partial charge in [-0.3, -0.25) is 0 Å². The lowest BCUT2D eigenvalue weighted by Crippen LogP contribution is -2.41. The SMILES string of the molecule is CCC(CC)(CN)CN(C)CC1CC1. The Hall–Kier alpha value is -0.0800. The maximum atomic E-state index is 5.90. The van der Waals surface area contributed by atoms with Crippen molar-refractivity contribution < 1.29 is 0 Å². The predicted octanol–water partition coefficient (Wildman–Crippen LogP) is 2.09. The molecule has 1 saturated carbocycles. The van der Waals surface area contributed by atoms with Crippen LogP contribution in [0.5, 0.6) is 0 Å². The second-order valence-corrected chi connectivity index (χ2v) is 5.05. The fraction of sp³-hybridized carbons (Fsp3) is 1.00. The van der Waals surface area contributed by atoms with Crippen molar-refractivity contribution in [1.82, 2.24) is 4.90 Å². The summed E-state index contributed by atoms with van der Waals surface area (Å²) in [5.41, 5.74) is 6.26. The smallest absolute Gasteiger partial charge is 0.00469 e. The summed E-state index contributed by atoms with van der Waals surface area (Å²) in [5.74, 6) is 0.990. The van der Waals surface area contributed by atoms with Crippen molar-refractivity contribution in [2.45, 2.75) is 39.5 Å². The molecular formula is C12H26N2. The second kappa shape index (κ2) is 5.13. The number of nitrogens with zero attached hydrogens (tertiary/aromatic N) is 1. The monoisotopic (exact) mass is 198 g/mol. The van der Waals surface area contributed by atoms with E-state index in [4.69, 9.17) is 5.73 Å². The van der Waals surface area contributed by atoms with E-state index < -0.39 is 0 Å². The van der Waals surface area contributed by atoms with Gasteiger partial charge in [0.05, 0.1) is 0 Å². The van der Waals surface area contributed by atoms with Crippen molar-refractivity contribution in [2.24, 2.45) is 17.1 Å². The largest absolute Gasteiger partial charge is 0.330 e. The average Bonchev–Trinajstić information content (AvgIpc) is 2.98. The molecule has 2 nitrogen and oxygen atoms in total. The topological polar surface area (TPSA) is 29.3 Å². The lowest BCUT2D eigenvalue weighted by Gasteiger charge is -2.34. The van der Waals surface area contributed by atoms with Crippen LogP contribution < -0.4 is 5.73 Å². The van der Waals surface area contributed by atoms with Crippen molar-refractivity contribution in [3.63, 3.8) is 0 Å². The normalized spacial score (nSPS) is 17.8. The molecule has 0 aromatic carbocycles. The van der Waals surface area contributed by atoms with Gasteiger partial charge in [0, 0.05) is 13.1 Å². The van der Waals surface area contributed by atoms with Gasteiger partial charge in [0.25, 0.3) is 0 Å². The summed E-state index contributed by atoms with van der Waals surface area (Å²) < 4.78 is 0. The molecule has 2 N–H and O–H groups in total. The molecule has 0 radical (unpaired) electrons. The number of hydrogen-bond donors (Lipinski definition) is 1. The van der Waals surface area contributed by atoms with Crippen LogP contribution in [0.1, 0.15) is 39.5 Å². The van der Waals surface area contributed by atoms with Crippen LogP contribution in [0, 0.1) is 11.3 Å². The Morgan fingerprint density at radius 2 is 1.86 bits per heavy atom. The summed E-state index contributed by atoms with van der Waals surface area (Å²) in [5, 5.41) is 0. The Bertz CT molecular complexity index is 151.